The van der Waals surface area contributed by atoms with E-state index in [1.165, 1.54) is 9.75 Å². The summed E-state index contributed by atoms with van der Waals surface area (Å²) in [6.45, 7) is 6.55. The quantitative estimate of drug-likeness (QED) is 0.886. The second-order valence-corrected chi connectivity index (χ2v) is 6.13. The maximum absolute atomic E-state index is 4.38. The van der Waals surface area contributed by atoms with Gasteiger partial charge < -0.3 is 5.32 Å². The molecule has 0 spiro atoms. The molecular weight excluding hydrogens is 240 g/mol. The van der Waals surface area contributed by atoms with E-state index in [9.17, 15) is 0 Å². The number of aryl methyl sites for hydroxylation is 1. The van der Waals surface area contributed by atoms with Gasteiger partial charge in [-0.3, -0.25) is 4.98 Å². The third-order valence-corrected chi connectivity index (χ3v) is 3.99. The number of pyridine rings is 1. The summed E-state index contributed by atoms with van der Waals surface area (Å²) in [5, 5.41) is 3.60. The number of thiophene rings is 1. The first-order chi connectivity index (χ1) is 8.65. The van der Waals surface area contributed by atoms with Gasteiger partial charge >= 0.3 is 0 Å². The molecule has 2 unspecified atom stereocenters. The Balaban J connectivity index is 1.89. The lowest BCUT2D eigenvalue weighted by atomic mass is 10.1. The number of hydrogen-bond acceptors (Lipinski definition) is 3. The van der Waals surface area contributed by atoms with E-state index in [0.717, 1.165) is 12.1 Å². The van der Waals surface area contributed by atoms with E-state index in [0.29, 0.717) is 12.1 Å². The van der Waals surface area contributed by atoms with E-state index in [4.69, 9.17) is 0 Å². The number of rotatable bonds is 5. The van der Waals surface area contributed by atoms with Crippen LogP contribution in [0.2, 0.25) is 0 Å². The summed E-state index contributed by atoms with van der Waals surface area (Å²) in [6.07, 6.45) is 2.93. The van der Waals surface area contributed by atoms with Gasteiger partial charge in [0, 0.05) is 28.0 Å². The summed E-state index contributed by atoms with van der Waals surface area (Å²) in [4.78, 5) is 7.21. The molecular formula is C15H20N2S. The highest BCUT2D eigenvalue weighted by Gasteiger charge is 2.11. The Labute approximate surface area is 113 Å². The third-order valence-electron chi connectivity index (χ3n) is 2.97. The van der Waals surface area contributed by atoms with Crippen molar-refractivity contribution in [1.82, 2.24) is 10.3 Å². The van der Waals surface area contributed by atoms with Gasteiger partial charge in [-0.05, 0) is 51.5 Å². The van der Waals surface area contributed by atoms with Crippen molar-refractivity contribution in [2.45, 2.75) is 39.3 Å². The fourth-order valence-corrected chi connectivity index (χ4v) is 3.12. The molecule has 2 rings (SSSR count). The van der Waals surface area contributed by atoms with Crippen LogP contribution in [0.5, 0.6) is 0 Å². The van der Waals surface area contributed by atoms with Crippen LogP contribution in [-0.2, 0) is 6.42 Å². The fourth-order valence-electron chi connectivity index (χ4n) is 2.10. The predicted octanol–water partition coefficient (Wildman–Crippen LogP) is 3.73. The first-order valence-corrected chi connectivity index (χ1v) is 7.19. The molecule has 2 aromatic rings. The van der Waals surface area contributed by atoms with Crippen molar-refractivity contribution in [2.24, 2.45) is 0 Å². The Bertz CT molecular complexity index is 478. The van der Waals surface area contributed by atoms with Crippen molar-refractivity contribution in [3.05, 3.63) is 52.0 Å². The van der Waals surface area contributed by atoms with Crippen LogP contribution in [0.4, 0.5) is 0 Å². The molecule has 18 heavy (non-hydrogen) atoms. The number of nitrogens with zero attached hydrogens (tertiary/aromatic N) is 1. The lowest BCUT2D eigenvalue weighted by Gasteiger charge is -2.19. The predicted molar refractivity (Wildman–Crippen MR) is 78.0 cm³/mol. The van der Waals surface area contributed by atoms with Gasteiger partial charge in [-0.15, -0.1) is 11.3 Å². The first kappa shape index (κ1) is 13.2. The molecule has 3 heteroatoms. The Hall–Kier alpha value is -1.19. The Morgan fingerprint density at radius 2 is 2.06 bits per heavy atom. The van der Waals surface area contributed by atoms with Crippen molar-refractivity contribution in [3.8, 4) is 0 Å². The molecule has 0 aliphatic heterocycles. The normalized spacial score (nSPS) is 14.4. The van der Waals surface area contributed by atoms with Crippen LogP contribution in [0, 0.1) is 6.92 Å². The molecule has 1 N–H and O–H groups in total. The summed E-state index contributed by atoms with van der Waals surface area (Å²) >= 11 is 1.88. The van der Waals surface area contributed by atoms with Gasteiger partial charge in [0.2, 0.25) is 0 Å². The average Bonchev–Trinajstić information content (AvgIpc) is 2.75. The molecule has 2 aromatic heterocycles. The summed E-state index contributed by atoms with van der Waals surface area (Å²) in [6, 6.07) is 11.2. The van der Waals surface area contributed by atoms with Crippen LogP contribution in [0.1, 0.15) is 35.3 Å². The maximum atomic E-state index is 4.38. The highest BCUT2D eigenvalue weighted by molar-refractivity contribution is 7.11. The van der Waals surface area contributed by atoms with Crippen LogP contribution >= 0.6 is 11.3 Å². The monoisotopic (exact) mass is 260 g/mol. The fraction of sp³-hybridized carbons (Fsp3) is 0.400. The first-order valence-electron chi connectivity index (χ1n) is 6.37. The number of nitrogens with one attached hydrogen (secondary N) is 1. The van der Waals surface area contributed by atoms with Crippen LogP contribution in [-0.4, -0.2) is 11.0 Å². The Kier molecular flexibility index (Phi) is 4.50. The zero-order valence-corrected chi connectivity index (χ0v) is 12.0. The van der Waals surface area contributed by atoms with Crippen molar-refractivity contribution in [1.29, 1.82) is 0 Å². The van der Waals surface area contributed by atoms with Gasteiger partial charge in [-0.1, -0.05) is 6.07 Å². The van der Waals surface area contributed by atoms with E-state index < -0.39 is 0 Å². The lowest BCUT2D eigenvalue weighted by Crippen LogP contribution is -2.30. The highest BCUT2D eigenvalue weighted by atomic mass is 32.1. The SMILES string of the molecule is Cc1ccc(CC(C)NC(C)c2ccccn2)s1. The van der Waals surface area contributed by atoms with Crippen molar-refractivity contribution in [3.63, 3.8) is 0 Å². The van der Waals surface area contributed by atoms with Gasteiger partial charge in [-0.2, -0.15) is 0 Å². The minimum atomic E-state index is 0.294. The van der Waals surface area contributed by atoms with Gasteiger partial charge in [-0.25, -0.2) is 0 Å². The molecule has 0 radical (unpaired) electrons. The smallest absolute Gasteiger partial charge is 0.0570 e. The molecule has 2 heterocycles. The van der Waals surface area contributed by atoms with Gasteiger partial charge in [0.25, 0.3) is 0 Å². The Morgan fingerprint density at radius 3 is 2.67 bits per heavy atom. The Morgan fingerprint density at radius 1 is 1.22 bits per heavy atom. The van der Waals surface area contributed by atoms with E-state index >= 15 is 0 Å². The van der Waals surface area contributed by atoms with Crippen LogP contribution < -0.4 is 5.32 Å². The molecule has 0 aliphatic rings. The molecule has 0 aromatic carbocycles. The second-order valence-electron chi connectivity index (χ2n) is 4.76. The maximum Gasteiger partial charge on any atom is 0.0570 e. The standard InChI is InChI=1S/C15H20N2S/c1-11(10-14-8-7-12(2)18-14)17-13(3)15-6-4-5-9-16-15/h4-9,11,13,17H,10H2,1-3H3. The molecule has 2 atom stereocenters. The summed E-state index contributed by atoms with van der Waals surface area (Å²) in [5.41, 5.74) is 1.10. The second kappa shape index (κ2) is 6.12. The molecule has 0 aliphatic carbocycles. The molecule has 0 saturated carbocycles. The van der Waals surface area contributed by atoms with Gasteiger partial charge in [0.1, 0.15) is 0 Å². The number of hydrogen-bond donors (Lipinski definition) is 1. The average molecular weight is 260 g/mol. The summed E-state index contributed by atoms with van der Waals surface area (Å²) < 4.78 is 0. The molecule has 0 saturated heterocycles. The molecule has 2 nitrogen and oxygen atoms in total. The van der Waals surface area contributed by atoms with Crippen LogP contribution in [0.25, 0.3) is 0 Å². The lowest BCUT2D eigenvalue weighted by molar-refractivity contribution is 0.472. The summed E-state index contributed by atoms with van der Waals surface area (Å²) in [5.74, 6) is 0. The van der Waals surface area contributed by atoms with E-state index in [1.54, 1.807) is 0 Å². The highest BCUT2D eigenvalue weighted by Crippen LogP contribution is 2.18. The minimum absolute atomic E-state index is 0.294. The van der Waals surface area contributed by atoms with Crippen LogP contribution in [0.15, 0.2) is 36.5 Å². The van der Waals surface area contributed by atoms with Crippen molar-refractivity contribution >= 4 is 11.3 Å². The molecule has 0 bridgehead atoms. The topological polar surface area (TPSA) is 24.9 Å². The van der Waals surface area contributed by atoms with Gasteiger partial charge in [0.05, 0.1) is 5.69 Å². The molecule has 0 amide bonds. The van der Waals surface area contributed by atoms with Crippen molar-refractivity contribution in [2.75, 3.05) is 0 Å². The zero-order valence-electron chi connectivity index (χ0n) is 11.2. The summed E-state index contributed by atoms with van der Waals surface area (Å²) in [7, 11) is 0. The van der Waals surface area contributed by atoms with E-state index in [1.807, 2.05) is 29.7 Å². The van der Waals surface area contributed by atoms with Crippen LogP contribution in [0.3, 0.4) is 0 Å². The van der Waals surface area contributed by atoms with E-state index in [2.05, 4.69) is 49.3 Å². The zero-order chi connectivity index (χ0) is 13.0. The number of aromatic nitrogens is 1. The third kappa shape index (κ3) is 3.65. The largest absolute Gasteiger partial charge is 0.306 e. The molecule has 0 fully saturated rings. The van der Waals surface area contributed by atoms with Crippen molar-refractivity contribution < 1.29 is 0 Å². The minimum Gasteiger partial charge on any atom is -0.306 e. The molecule has 96 valence electrons. The van der Waals surface area contributed by atoms with E-state index in [-0.39, 0.29) is 0 Å². The van der Waals surface area contributed by atoms with Gasteiger partial charge in [0.15, 0.2) is 0 Å².